The molecular weight excluding hydrogens is 166 g/mol. The van der Waals surface area contributed by atoms with E-state index in [1.165, 1.54) is 0 Å². The Morgan fingerprint density at radius 2 is 2.54 bits per heavy atom. The van der Waals surface area contributed by atoms with E-state index in [2.05, 4.69) is 32.7 Å². The molecule has 5 heteroatoms. The molecule has 70 valence electrons. The Bertz CT molecular complexity index is 289. The molecule has 0 aliphatic carbocycles. The van der Waals surface area contributed by atoms with E-state index in [0.717, 1.165) is 24.6 Å². The first-order valence-corrected chi connectivity index (χ1v) is 4.40. The molecule has 13 heavy (non-hydrogen) atoms. The Balaban J connectivity index is 1.95. The zero-order chi connectivity index (χ0) is 9.10. The summed E-state index contributed by atoms with van der Waals surface area (Å²) in [6.45, 7) is 3.87. The predicted molar refractivity (Wildman–Crippen MR) is 50.4 cm³/mol. The van der Waals surface area contributed by atoms with Crippen molar-refractivity contribution < 1.29 is 0 Å². The normalized spacial score (nSPS) is 17.8. The average molecular weight is 179 g/mol. The van der Waals surface area contributed by atoms with Crippen LogP contribution in [-0.4, -0.2) is 29.2 Å². The molecule has 1 aromatic heterocycles. The lowest BCUT2D eigenvalue weighted by atomic mass is 10.2. The van der Waals surface area contributed by atoms with Gasteiger partial charge in [-0.1, -0.05) is 0 Å². The van der Waals surface area contributed by atoms with Gasteiger partial charge in [-0.15, -0.1) is 0 Å². The number of H-pyrrole nitrogens is 1. The quantitative estimate of drug-likeness (QED) is 0.599. The lowest BCUT2D eigenvalue weighted by Crippen LogP contribution is -2.35. The van der Waals surface area contributed by atoms with Gasteiger partial charge >= 0.3 is 0 Å². The lowest BCUT2D eigenvalue weighted by Gasteiger charge is -2.12. The Kier molecular flexibility index (Phi) is 2.16. The number of rotatable bonds is 2. The summed E-state index contributed by atoms with van der Waals surface area (Å²) in [6, 6.07) is 0.239. The van der Waals surface area contributed by atoms with Gasteiger partial charge < -0.3 is 10.6 Å². The van der Waals surface area contributed by atoms with Gasteiger partial charge in [-0.05, 0) is 6.92 Å². The molecule has 1 aliphatic heterocycles. The second-order valence-corrected chi connectivity index (χ2v) is 3.05. The fourth-order valence-electron chi connectivity index (χ4n) is 1.28. The number of aromatic nitrogens is 2. The Morgan fingerprint density at radius 1 is 1.62 bits per heavy atom. The molecule has 1 unspecified atom stereocenters. The summed E-state index contributed by atoms with van der Waals surface area (Å²) < 4.78 is 0. The molecule has 1 atom stereocenters. The number of nitrogens with zero attached hydrogens (tertiary/aromatic N) is 2. The molecule has 3 N–H and O–H groups in total. The van der Waals surface area contributed by atoms with Gasteiger partial charge in [-0.3, -0.25) is 10.1 Å². The number of nitrogens with one attached hydrogen (secondary N) is 3. The monoisotopic (exact) mass is 179 g/mol. The zero-order valence-corrected chi connectivity index (χ0v) is 7.54. The second-order valence-electron chi connectivity index (χ2n) is 3.05. The highest BCUT2D eigenvalue weighted by atomic mass is 15.2. The maximum Gasteiger partial charge on any atom is 0.191 e. The Labute approximate surface area is 76.6 Å². The van der Waals surface area contributed by atoms with Crippen LogP contribution in [0.4, 0.5) is 0 Å². The van der Waals surface area contributed by atoms with Crippen LogP contribution in [0.2, 0.25) is 0 Å². The predicted octanol–water partition coefficient (Wildman–Crippen LogP) is 0.0195. The largest absolute Gasteiger partial charge is 0.355 e. The third-order valence-corrected chi connectivity index (χ3v) is 2.05. The van der Waals surface area contributed by atoms with Crippen molar-refractivity contribution in [2.24, 2.45) is 4.99 Å². The van der Waals surface area contributed by atoms with Crippen LogP contribution < -0.4 is 10.6 Å². The van der Waals surface area contributed by atoms with Crippen molar-refractivity contribution in [3.8, 4) is 0 Å². The van der Waals surface area contributed by atoms with Gasteiger partial charge in [0.1, 0.15) is 0 Å². The molecule has 0 saturated carbocycles. The first kappa shape index (κ1) is 8.10. The minimum absolute atomic E-state index is 0.239. The fraction of sp³-hybridized carbons (Fsp3) is 0.500. The van der Waals surface area contributed by atoms with E-state index in [1.54, 1.807) is 0 Å². The van der Waals surface area contributed by atoms with Crippen LogP contribution in [0.5, 0.6) is 0 Å². The molecule has 1 aromatic rings. The molecular formula is C8H13N5. The van der Waals surface area contributed by atoms with Gasteiger partial charge in [-0.25, -0.2) is 0 Å². The highest BCUT2D eigenvalue weighted by molar-refractivity contribution is 5.81. The first-order valence-electron chi connectivity index (χ1n) is 4.40. The molecule has 5 nitrogen and oxygen atoms in total. The molecule has 2 heterocycles. The van der Waals surface area contributed by atoms with Crippen molar-refractivity contribution in [1.29, 1.82) is 0 Å². The Morgan fingerprint density at radius 3 is 3.15 bits per heavy atom. The van der Waals surface area contributed by atoms with Crippen LogP contribution in [-0.2, 0) is 0 Å². The van der Waals surface area contributed by atoms with Crippen molar-refractivity contribution in [1.82, 2.24) is 20.8 Å². The smallest absolute Gasteiger partial charge is 0.191 e. The number of hydrogen-bond acceptors (Lipinski definition) is 4. The van der Waals surface area contributed by atoms with Gasteiger partial charge in [0.05, 0.1) is 18.8 Å². The summed E-state index contributed by atoms with van der Waals surface area (Å²) in [6.07, 6.45) is 3.69. The molecule has 2 rings (SSSR count). The van der Waals surface area contributed by atoms with E-state index in [4.69, 9.17) is 0 Å². The minimum Gasteiger partial charge on any atom is -0.355 e. The van der Waals surface area contributed by atoms with E-state index in [-0.39, 0.29) is 6.04 Å². The molecule has 0 bridgehead atoms. The maximum atomic E-state index is 4.25. The van der Waals surface area contributed by atoms with E-state index < -0.39 is 0 Å². The fourth-order valence-corrected chi connectivity index (χ4v) is 1.28. The highest BCUT2D eigenvalue weighted by Gasteiger charge is 2.10. The molecule has 0 radical (unpaired) electrons. The van der Waals surface area contributed by atoms with Gasteiger partial charge in [0.2, 0.25) is 0 Å². The summed E-state index contributed by atoms with van der Waals surface area (Å²) in [4.78, 5) is 4.25. The number of hydrogen-bond donors (Lipinski definition) is 3. The van der Waals surface area contributed by atoms with E-state index in [9.17, 15) is 0 Å². The average Bonchev–Trinajstić information content (AvgIpc) is 2.74. The van der Waals surface area contributed by atoms with Crippen LogP contribution >= 0.6 is 0 Å². The number of aliphatic imine (C=N–C) groups is 1. The van der Waals surface area contributed by atoms with E-state index in [1.807, 2.05) is 12.4 Å². The highest BCUT2D eigenvalue weighted by Crippen LogP contribution is 2.08. The third kappa shape index (κ3) is 1.80. The van der Waals surface area contributed by atoms with E-state index in [0.29, 0.717) is 0 Å². The third-order valence-electron chi connectivity index (χ3n) is 2.05. The molecule has 0 amide bonds. The summed E-state index contributed by atoms with van der Waals surface area (Å²) in [5, 5.41) is 13.1. The summed E-state index contributed by atoms with van der Waals surface area (Å²) in [5.41, 5.74) is 1.14. The van der Waals surface area contributed by atoms with Crippen molar-refractivity contribution >= 4 is 5.96 Å². The van der Waals surface area contributed by atoms with Crippen LogP contribution in [0, 0.1) is 0 Å². The zero-order valence-electron chi connectivity index (χ0n) is 7.54. The van der Waals surface area contributed by atoms with Crippen molar-refractivity contribution in [3.63, 3.8) is 0 Å². The van der Waals surface area contributed by atoms with Gasteiger partial charge in [-0.2, -0.15) is 5.10 Å². The molecule has 0 saturated heterocycles. The van der Waals surface area contributed by atoms with Crippen molar-refractivity contribution in [2.45, 2.75) is 13.0 Å². The van der Waals surface area contributed by atoms with E-state index >= 15 is 0 Å². The SMILES string of the molecule is CC(NC1=NCCN1)c1cn[nH]c1. The number of aromatic amines is 1. The second kappa shape index (κ2) is 3.47. The van der Waals surface area contributed by atoms with Gasteiger partial charge in [0.15, 0.2) is 5.96 Å². The first-order chi connectivity index (χ1) is 6.36. The molecule has 0 aromatic carbocycles. The topological polar surface area (TPSA) is 65.1 Å². The standard InChI is InChI=1S/C8H13N5/c1-6(7-4-11-12-5-7)13-8-9-2-3-10-8/h4-6H,2-3H2,1H3,(H,11,12)(H2,9,10,13). The minimum atomic E-state index is 0.239. The van der Waals surface area contributed by atoms with Crippen molar-refractivity contribution in [3.05, 3.63) is 18.0 Å². The van der Waals surface area contributed by atoms with Crippen LogP contribution in [0.1, 0.15) is 18.5 Å². The molecule has 1 aliphatic rings. The summed E-state index contributed by atoms with van der Waals surface area (Å²) in [7, 11) is 0. The molecule has 0 spiro atoms. The summed E-state index contributed by atoms with van der Waals surface area (Å²) >= 11 is 0. The summed E-state index contributed by atoms with van der Waals surface area (Å²) in [5.74, 6) is 0.883. The van der Waals surface area contributed by atoms with Gasteiger partial charge in [0.25, 0.3) is 0 Å². The number of guanidine groups is 1. The molecule has 0 fully saturated rings. The van der Waals surface area contributed by atoms with Crippen LogP contribution in [0.15, 0.2) is 17.4 Å². The van der Waals surface area contributed by atoms with Crippen LogP contribution in [0.25, 0.3) is 0 Å². The maximum absolute atomic E-state index is 4.25. The lowest BCUT2D eigenvalue weighted by molar-refractivity contribution is 0.703. The van der Waals surface area contributed by atoms with Crippen molar-refractivity contribution in [2.75, 3.05) is 13.1 Å². The Hall–Kier alpha value is -1.52. The van der Waals surface area contributed by atoms with Crippen LogP contribution in [0.3, 0.4) is 0 Å². The van der Waals surface area contributed by atoms with Gasteiger partial charge in [0, 0.05) is 18.3 Å².